The quantitative estimate of drug-likeness (QED) is 0.301. The molecule has 1 amide bonds. The summed E-state index contributed by atoms with van der Waals surface area (Å²) in [5, 5.41) is 4.05. The summed E-state index contributed by atoms with van der Waals surface area (Å²) in [7, 11) is -3.67. The molecule has 0 unspecified atom stereocenters. The van der Waals surface area contributed by atoms with Crippen LogP contribution >= 0.6 is 11.3 Å². The first-order valence-electron chi connectivity index (χ1n) is 13.6. The Morgan fingerprint density at radius 1 is 0.975 bits per heavy atom. The van der Waals surface area contributed by atoms with Crippen molar-refractivity contribution in [2.45, 2.75) is 25.3 Å². The highest BCUT2D eigenvalue weighted by Gasteiger charge is 2.24. The molecule has 0 bridgehead atoms. The monoisotopic (exact) mass is 577 g/mol. The van der Waals surface area contributed by atoms with E-state index in [1.54, 1.807) is 23.5 Å². The number of benzene rings is 3. The number of aromatic nitrogens is 1. The van der Waals surface area contributed by atoms with Crippen LogP contribution < -0.4 is 10.2 Å². The van der Waals surface area contributed by atoms with Crippen molar-refractivity contribution in [2.24, 2.45) is 0 Å². The number of amides is 1. The van der Waals surface area contributed by atoms with Crippen molar-refractivity contribution in [3.63, 3.8) is 0 Å². The average Bonchev–Trinajstić information content (AvgIpc) is 3.42. The fraction of sp³-hybridized carbons (Fsp3) is 0.333. The van der Waals surface area contributed by atoms with E-state index in [1.807, 2.05) is 37.3 Å². The van der Waals surface area contributed by atoms with E-state index in [1.165, 1.54) is 26.7 Å². The van der Waals surface area contributed by atoms with Crippen LogP contribution in [0.5, 0.6) is 0 Å². The van der Waals surface area contributed by atoms with Gasteiger partial charge >= 0.3 is 0 Å². The first kappa shape index (κ1) is 28.2. The minimum absolute atomic E-state index is 0.183. The van der Waals surface area contributed by atoms with Crippen molar-refractivity contribution < 1.29 is 13.2 Å². The normalized spacial score (nSPS) is 14.6. The fourth-order valence-electron chi connectivity index (χ4n) is 4.88. The molecule has 8 nitrogen and oxygen atoms in total. The van der Waals surface area contributed by atoms with E-state index in [0.717, 1.165) is 48.9 Å². The zero-order valence-corrected chi connectivity index (χ0v) is 24.5. The van der Waals surface area contributed by atoms with Gasteiger partial charge in [0.15, 0.2) is 5.13 Å². The van der Waals surface area contributed by atoms with Gasteiger partial charge in [0.1, 0.15) is 0 Å². The number of hydrogen-bond donors (Lipinski definition) is 1. The van der Waals surface area contributed by atoms with Gasteiger partial charge in [-0.25, -0.2) is 13.4 Å². The van der Waals surface area contributed by atoms with Crippen LogP contribution in [0.25, 0.3) is 10.2 Å². The summed E-state index contributed by atoms with van der Waals surface area (Å²) in [5.74, 6) is -0.205. The Balaban J connectivity index is 1.10. The predicted octanol–water partition coefficient (Wildman–Crippen LogP) is 4.37. The van der Waals surface area contributed by atoms with Gasteiger partial charge < -0.3 is 10.2 Å². The van der Waals surface area contributed by atoms with Crippen molar-refractivity contribution in [2.75, 3.05) is 50.7 Å². The van der Waals surface area contributed by atoms with Crippen LogP contribution in [-0.4, -0.2) is 74.3 Å². The van der Waals surface area contributed by atoms with Crippen LogP contribution in [0.15, 0.2) is 77.7 Å². The number of para-hydroxylation sites is 1. The van der Waals surface area contributed by atoms with E-state index >= 15 is 0 Å². The molecule has 4 aromatic rings. The molecule has 1 fully saturated rings. The maximum absolute atomic E-state index is 13.2. The van der Waals surface area contributed by atoms with Crippen LogP contribution in [0.2, 0.25) is 0 Å². The van der Waals surface area contributed by atoms with Gasteiger partial charge in [-0.2, -0.15) is 4.31 Å². The Labute approximate surface area is 240 Å². The molecule has 1 aromatic heterocycles. The summed E-state index contributed by atoms with van der Waals surface area (Å²) in [6.07, 6.45) is 0. The molecule has 0 saturated carbocycles. The number of rotatable bonds is 10. The van der Waals surface area contributed by atoms with E-state index in [9.17, 15) is 13.2 Å². The zero-order valence-electron chi connectivity index (χ0n) is 22.9. The number of anilines is 1. The zero-order chi connectivity index (χ0) is 28.1. The number of thiazole rings is 1. The van der Waals surface area contributed by atoms with Gasteiger partial charge in [-0.3, -0.25) is 9.69 Å². The SMILES string of the molecule is CCN(Cc1ccccc1)S(=O)(=O)c1ccc(C(=O)NCCN2CCN(c3nc4c(C)cccc4s3)CC2)cc1. The fourth-order valence-corrected chi connectivity index (χ4v) is 7.42. The van der Waals surface area contributed by atoms with Gasteiger partial charge in [0.05, 0.1) is 15.1 Å². The average molecular weight is 578 g/mol. The van der Waals surface area contributed by atoms with Crippen LogP contribution in [0.1, 0.15) is 28.4 Å². The molecule has 0 spiro atoms. The Morgan fingerprint density at radius 3 is 2.38 bits per heavy atom. The summed E-state index contributed by atoms with van der Waals surface area (Å²) in [4.78, 5) is 22.5. The van der Waals surface area contributed by atoms with Crippen LogP contribution in [0, 0.1) is 6.92 Å². The second kappa shape index (κ2) is 12.5. The number of carbonyl (C=O) groups is 1. The Hall–Kier alpha value is -3.31. The molecule has 3 aromatic carbocycles. The minimum atomic E-state index is -3.67. The van der Waals surface area contributed by atoms with E-state index in [0.29, 0.717) is 25.2 Å². The maximum Gasteiger partial charge on any atom is 0.251 e. The molecular formula is C30H35N5O3S2. The van der Waals surface area contributed by atoms with Crippen molar-refractivity contribution >= 4 is 42.6 Å². The Kier molecular flexibility index (Phi) is 8.80. The topological polar surface area (TPSA) is 85.8 Å². The first-order valence-corrected chi connectivity index (χ1v) is 15.9. The van der Waals surface area contributed by atoms with Crippen LogP contribution in [-0.2, 0) is 16.6 Å². The predicted molar refractivity (Wildman–Crippen MR) is 161 cm³/mol. The van der Waals surface area contributed by atoms with Crippen molar-refractivity contribution in [1.82, 2.24) is 19.5 Å². The molecule has 0 radical (unpaired) electrons. The molecule has 1 aliphatic heterocycles. The van der Waals surface area contributed by atoms with Gasteiger partial charge in [0, 0.05) is 57.9 Å². The standard InChI is InChI=1S/C30H35N5O3S2/c1-3-35(22-24-9-5-4-6-10-24)40(37,38)26-14-12-25(13-15-26)29(36)31-16-17-33-18-20-34(21-19-33)30-32-28-23(2)8-7-11-27(28)39-30/h4-15H,3,16-22H2,1-2H3,(H,31,36). The molecule has 210 valence electrons. The summed E-state index contributed by atoms with van der Waals surface area (Å²) >= 11 is 1.74. The van der Waals surface area contributed by atoms with Gasteiger partial charge in [0.25, 0.3) is 5.91 Å². The van der Waals surface area contributed by atoms with Crippen molar-refractivity contribution in [1.29, 1.82) is 0 Å². The number of carbonyl (C=O) groups excluding carboxylic acids is 1. The molecule has 1 aliphatic rings. The van der Waals surface area contributed by atoms with Gasteiger partial charge in [-0.1, -0.05) is 60.7 Å². The molecule has 40 heavy (non-hydrogen) atoms. The summed E-state index contributed by atoms with van der Waals surface area (Å²) in [6, 6.07) is 22.0. The van der Waals surface area contributed by atoms with E-state index in [-0.39, 0.29) is 10.8 Å². The number of nitrogens with one attached hydrogen (secondary N) is 1. The van der Waals surface area contributed by atoms with Crippen LogP contribution in [0.4, 0.5) is 5.13 Å². The molecule has 10 heteroatoms. The number of fused-ring (bicyclic) bond motifs is 1. The molecule has 0 atom stereocenters. The minimum Gasteiger partial charge on any atom is -0.351 e. The lowest BCUT2D eigenvalue weighted by atomic mass is 10.2. The van der Waals surface area contributed by atoms with E-state index < -0.39 is 10.0 Å². The molecule has 1 N–H and O–H groups in total. The van der Waals surface area contributed by atoms with E-state index in [4.69, 9.17) is 4.98 Å². The van der Waals surface area contributed by atoms with Gasteiger partial charge in [0.2, 0.25) is 10.0 Å². The number of piperazine rings is 1. The third-order valence-electron chi connectivity index (χ3n) is 7.27. The molecule has 5 rings (SSSR count). The third kappa shape index (κ3) is 6.36. The Bertz CT molecular complexity index is 1550. The number of nitrogens with zero attached hydrogens (tertiary/aromatic N) is 4. The first-order chi connectivity index (χ1) is 19.3. The van der Waals surface area contributed by atoms with Crippen molar-refractivity contribution in [3.05, 3.63) is 89.5 Å². The Morgan fingerprint density at radius 2 is 1.70 bits per heavy atom. The summed E-state index contributed by atoms with van der Waals surface area (Å²) < 4.78 is 29.0. The largest absolute Gasteiger partial charge is 0.351 e. The molecule has 1 saturated heterocycles. The van der Waals surface area contributed by atoms with Gasteiger partial charge in [-0.05, 0) is 48.4 Å². The smallest absolute Gasteiger partial charge is 0.251 e. The third-order valence-corrected chi connectivity index (χ3v) is 10.3. The van der Waals surface area contributed by atoms with Crippen LogP contribution in [0.3, 0.4) is 0 Å². The molecular weight excluding hydrogens is 542 g/mol. The lowest BCUT2D eigenvalue weighted by Crippen LogP contribution is -2.48. The second-order valence-corrected chi connectivity index (χ2v) is 12.9. The number of aryl methyl sites for hydroxylation is 1. The highest BCUT2D eigenvalue weighted by atomic mass is 32.2. The maximum atomic E-state index is 13.2. The van der Waals surface area contributed by atoms with Crippen molar-refractivity contribution in [3.8, 4) is 0 Å². The molecule has 0 aliphatic carbocycles. The van der Waals surface area contributed by atoms with Gasteiger partial charge in [-0.15, -0.1) is 0 Å². The molecule has 2 heterocycles. The number of hydrogen-bond acceptors (Lipinski definition) is 7. The highest BCUT2D eigenvalue weighted by molar-refractivity contribution is 7.89. The lowest BCUT2D eigenvalue weighted by Gasteiger charge is -2.34. The summed E-state index contributed by atoms with van der Waals surface area (Å²) in [6.45, 7) is 9.50. The summed E-state index contributed by atoms with van der Waals surface area (Å²) in [5.41, 5.74) is 3.67. The van der Waals surface area contributed by atoms with E-state index in [2.05, 4.69) is 40.2 Å². The highest BCUT2D eigenvalue weighted by Crippen LogP contribution is 2.31. The second-order valence-electron chi connectivity index (χ2n) is 9.94. The lowest BCUT2D eigenvalue weighted by molar-refractivity contribution is 0.0947. The number of sulfonamides is 1.